The zero-order chi connectivity index (χ0) is 13.1. The number of aromatic nitrogens is 2. The normalized spacial score (nSPS) is 10.8. The van der Waals surface area contributed by atoms with E-state index in [0.29, 0.717) is 23.3 Å². The summed E-state index contributed by atoms with van der Waals surface area (Å²) in [6.07, 6.45) is 1.56. The number of ketones is 1. The molecule has 96 valence electrons. The van der Waals surface area contributed by atoms with Crippen molar-refractivity contribution in [2.24, 2.45) is 0 Å². The van der Waals surface area contributed by atoms with Crippen LogP contribution in [0.25, 0.3) is 0 Å². The molecule has 2 heterocycles. The average Bonchev–Trinajstić information content (AvgIpc) is 2.92. The molecule has 2 aromatic heterocycles. The third-order valence-corrected chi connectivity index (χ3v) is 3.10. The molecule has 5 nitrogen and oxygen atoms in total. The van der Waals surface area contributed by atoms with Crippen molar-refractivity contribution in [1.29, 1.82) is 0 Å². The minimum atomic E-state index is -0.276. The summed E-state index contributed by atoms with van der Waals surface area (Å²) in [5.41, 5.74) is 0.415. The molecular formula is C11H10BrClN2O3. The van der Waals surface area contributed by atoms with Crippen LogP contribution in [-0.4, -0.2) is 29.3 Å². The third kappa shape index (κ3) is 2.66. The Hall–Kier alpha value is -1.11. The molecule has 0 aliphatic carbocycles. The van der Waals surface area contributed by atoms with E-state index >= 15 is 0 Å². The first-order valence-corrected chi connectivity index (χ1v) is 6.31. The Bertz CT molecular complexity index is 564. The molecule has 0 aliphatic heterocycles. The van der Waals surface area contributed by atoms with Gasteiger partial charge < -0.3 is 9.15 Å². The molecule has 7 heteroatoms. The fourth-order valence-corrected chi connectivity index (χ4v) is 2.11. The number of carbonyl (C=O) groups excluding carboxylic acids is 1. The quantitative estimate of drug-likeness (QED) is 0.790. The fraction of sp³-hybridized carbons (Fsp3) is 0.273. The van der Waals surface area contributed by atoms with Gasteiger partial charge >= 0.3 is 0 Å². The highest BCUT2D eigenvalue weighted by molar-refractivity contribution is 9.10. The highest BCUT2D eigenvalue weighted by Gasteiger charge is 2.21. The van der Waals surface area contributed by atoms with Crippen LogP contribution < -0.4 is 0 Å². The van der Waals surface area contributed by atoms with Crippen molar-refractivity contribution >= 4 is 33.3 Å². The van der Waals surface area contributed by atoms with E-state index in [1.165, 1.54) is 12.1 Å². The van der Waals surface area contributed by atoms with Crippen LogP contribution in [0.1, 0.15) is 16.2 Å². The number of rotatable bonds is 5. The molecule has 2 rings (SSSR count). The van der Waals surface area contributed by atoms with E-state index in [9.17, 15) is 4.79 Å². The summed E-state index contributed by atoms with van der Waals surface area (Å²) < 4.78 is 12.2. The summed E-state index contributed by atoms with van der Waals surface area (Å²) in [5, 5.41) is 4.28. The predicted octanol–water partition coefficient (Wildman–Crippen LogP) is 2.77. The molecule has 0 aliphatic rings. The highest BCUT2D eigenvalue weighted by atomic mass is 79.9. The SMILES string of the molecule is COCCn1ncc(Br)c1C(=O)c1ccc(Cl)o1. The Kier molecular flexibility index (Phi) is 4.21. The zero-order valence-corrected chi connectivity index (χ0v) is 11.9. The van der Waals surface area contributed by atoms with E-state index < -0.39 is 0 Å². The zero-order valence-electron chi connectivity index (χ0n) is 9.52. The standard InChI is InChI=1S/C11H10BrClN2O3/c1-17-5-4-15-10(7(12)6-14-15)11(16)8-2-3-9(13)18-8/h2-3,6H,4-5H2,1H3. The maximum absolute atomic E-state index is 12.2. The molecule has 0 N–H and O–H groups in total. The van der Waals surface area contributed by atoms with E-state index in [-0.39, 0.29) is 16.8 Å². The summed E-state index contributed by atoms with van der Waals surface area (Å²) >= 11 is 8.95. The molecule has 18 heavy (non-hydrogen) atoms. The molecule has 0 bridgehead atoms. The van der Waals surface area contributed by atoms with Crippen LogP contribution in [-0.2, 0) is 11.3 Å². The Balaban J connectivity index is 2.32. The minimum Gasteiger partial charge on any atom is -0.441 e. The van der Waals surface area contributed by atoms with Gasteiger partial charge in [-0.15, -0.1) is 0 Å². The predicted molar refractivity (Wildman–Crippen MR) is 69.0 cm³/mol. The van der Waals surface area contributed by atoms with E-state index in [1.54, 1.807) is 18.0 Å². The summed E-state index contributed by atoms with van der Waals surface area (Å²) in [6.45, 7) is 0.949. The summed E-state index contributed by atoms with van der Waals surface area (Å²) in [7, 11) is 1.59. The molecule has 0 fully saturated rings. The molecule has 0 amide bonds. The van der Waals surface area contributed by atoms with Crippen LogP contribution in [0.15, 0.2) is 27.2 Å². The van der Waals surface area contributed by atoms with Crippen LogP contribution in [0, 0.1) is 0 Å². The molecule has 0 spiro atoms. The number of halogens is 2. The van der Waals surface area contributed by atoms with Crippen molar-refractivity contribution in [3.8, 4) is 0 Å². The topological polar surface area (TPSA) is 57.3 Å². The van der Waals surface area contributed by atoms with E-state index in [0.717, 1.165) is 0 Å². The number of furan rings is 1. The van der Waals surface area contributed by atoms with Gasteiger partial charge in [0.1, 0.15) is 5.69 Å². The molecule has 0 saturated heterocycles. The van der Waals surface area contributed by atoms with Crippen molar-refractivity contribution in [3.63, 3.8) is 0 Å². The van der Waals surface area contributed by atoms with E-state index in [2.05, 4.69) is 21.0 Å². The minimum absolute atomic E-state index is 0.178. The monoisotopic (exact) mass is 332 g/mol. The van der Waals surface area contributed by atoms with Crippen LogP contribution in [0.3, 0.4) is 0 Å². The summed E-state index contributed by atoms with van der Waals surface area (Å²) in [4.78, 5) is 12.2. The van der Waals surface area contributed by atoms with Crippen LogP contribution in [0.5, 0.6) is 0 Å². The van der Waals surface area contributed by atoms with Gasteiger partial charge in [0.05, 0.1) is 23.8 Å². The molecule has 2 aromatic rings. The molecular weight excluding hydrogens is 323 g/mol. The number of nitrogens with zero attached hydrogens (tertiary/aromatic N) is 2. The smallest absolute Gasteiger partial charge is 0.247 e. The fourth-order valence-electron chi connectivity index (χ4n) is 1.49. The Morgan fingerprint density at radius 2 is 2.39 bits per heavy atom. The van der Waals surface area contributed by atoms with E-state index in [1.807, 2.05) is 0 Å². The summed E-state index contributed by atoms with van der Waals surface area (Å²) in [6, 6.07) is 3.06. The number of carbonyl (C=O) groups is 1. The third-order valence-electron chi connectivity index (χ3n) is 2.31. The van der Waals surface area contributed by atoms with Gasteiger partial charge in [-0.1, -0.05) is 0 Å². The molecule has 0 atom stereocenters. The van der Waals surface area contributed by atoms with E-state index in [4.69, 9.17) is 20.8 Å². The number of methoxy groups -OCH3 is 1. The van der Waals surface area contributed by atoms with Crippen LogP contribution in [0.4, 0.5) is 0 Å². The van der Waals surface area contributed by atoms with Gasteiger partial charge in [-0.3, -0.25) is 9.48 Å². The summed E-state index contributed by atoms with van der Waals surface area (Å²) in [5.74, 6) is -0.0951. The number of ether oxygens (including phenoxy) is 1. The Morgan fingerprint density at radius 3 is 3.00 bits per heavy atom. The lowest BCUT2D eigenvalue weighted by molar-refractivity contribution is 0.0994. The van der Waals surface area contributed by atoms with Crippen molar-refractivity contribution in [2.75, 3.05) is 13.7 Å². The molecule has 0 saturated carbocycles. The lowest BCUT2D eigenvalue weighted by Gasteiger charge is -2.05. The van der Waals surface area contributed by atoms with Crippen LogP contribution >= 0.6 is 27.5 Å². The second kappa shape index (κ2) is 5.69. The van der Waals surface area contributed by atoms with Gasteiger partial charge in [0.25, 0.3) is 0 Å². The second-order valence-electron chi connectivity index (χ2n) is 3.49. The van der Waals surface area contributed by atoms with Gasteiger partial charge in [-0.25, -0.2) is 0 Å². The van der Waals surface area contributed by atoms with Gasteiger partial charge in [0.2, 0.25) is 5.78 Å². The molecule has 0 unspecified atom stereocenters. The Morgan fingerprint density at radius 1 is 1.61 bits per heavy atom. The maximum atomic E-state index is 12.2. The lowest BCUT2D eigenvalue weighted by Crippen LogP contribution is -2.14. The number of hydrogen-bond acceptors (Lipinski definition) is 4. The Labute approximate surface area is 117 Å². The van der Waals surface area contributed by atoms with Crippen LogP contribution in [0.2, 0.25) is 5.22 Å². The van der Waals surface area contributed by atoms with Gasteiger partial charge in [-0.05, 0) is 39.7 Å². The van der Waals surface area contributed by atoms with Gasteiger partial charge in [0.15, 0.2) is 11.0 Å². The second-order valence-corrected chi connectivity index (χ2v) is 4.72. The lowest BCUT2D eigenvalue weighted by atomic mass is 10.2. The first-order chi connectivity index (χ1) is 8.63. The average molecular weight is 334 g/mol. The number of hydrogen-bond donors (Lipinski definition) is 0. The van der Waals surface area contributed by atoms with Crippen molar-refractivity contribution in [1.82, 2.24) is 9.78 Å². The van der Waals surface area contributed by atoms with Gasteiger partial charge in [-0.2, -0.15) is 5.10 Å². The van der Waals surface area contributed by atoms with Crippen molar-refractivity contribution in [3.05, 3.63) is 39.5 Å². The largest absolute Gasteiger partial charge is 0.441 e. The molecule has 0 radical (unpaired) electrons. The van der Waals surface area contributed by atoms with Gasteiger partial charge in [0, 0.05) is 7.11 Å². The van der Waals surface area contributed by atoms with Crippen molar-refractivity contribution < 1.29 is 13.9 Å². The molecule has 0 aromatic carbocycles. The maximum Gasteiger partial charge on any atom is 0.247 e. The highest BCUT2D eigenvalue weighted by Crippen LogP contribution is 2.22. The first-order valence-electron chi connectivity index (χ1n) is 5.13. The van der Waals surface area contributed by atoms with Crippen molar-refractivity contribution in [2.45, 2.75) is 6.54 Å². The first kappa shape index (κ1) is 13.3.